The third-order valence-electron chi connectivity index (χ3n) is 11.9. The fraction of sp³-hybridized carbons (Fsp3) is 0.627. The van der Waals surface area contributed by atoms with Crippen molar-refractivity contribution in [3.05, 3.63) is 71.8 Å². The van der Waals surface area contributed by atoms with Crippen molar-refractivity contribution in [3.8, 4) is 0 Å². The van der Waals surface area contributed by atoms with E-state index in [4.69, 9.17) is 9.47 Å². The first-order valence-electron chi connectivity index (χ1n) is 24.3. The van der Waals surface area contributed by atoms with Crippen LogP contribution in [-0.2, 0) is 51.5 Å². The molecule has 2 aromatic rings. The fourth-order valence-corrected chi connectivity index (χ4v) is 7.48. The van der Waals surface area contributed by atoms with E-state index in [-0.39, 0.29) is 31.0 Å². The molecule has 0 bridgehead atoms. The zero-order valence-corrected chi connectivity index (χ0v) is 41.3. The molecule has 16 nitrogen and oxygen atoms in total. The number of likely N-dealkylation sites (N-methyl/N-ethyl adjacent to an activating group) is 1. The number of hydrogen-bond acceptors (Lipinski definition) is 9. The van der Waals surface area contributed by atoms with E-state index in [9.17, 15) is 38.7 Å². The summed E-state index contributed by atoms with van der Waals surface area (Å²) < 4.78 is 11.3. The van der Waals surface area contributed by atoms with E-state index >= 15 is 0 Å². The molecule has 0 aliphatic heterocycles. The van der Waals surface area contributed by atoms with Crippen LogP contribution in [0, 0.1) is 17.8 Å². The van der Waals surface area contributed by atoms with E-state index in [2.05, 4.69) is 33.5 Å². The third-order valence-corrected chi connectivity index (χ3v) is 11.9. The molecule has 0 saturated heterocycles. The Hall–Kier alpha value is -5.51. The number of amides is 6. The highest BCUT2D eigenvalue weighted by atomic mass is 16.5. The van der Waals surface area contributed by atoms with Gasteiger partial charge in [-0.15, -0.1) is 0 Å². The highest BCUT2D eigenvalue weighted by Gasteiger charge is 2.37. The average Bonchev–Trinajstić information content (AvgIpc) is 3.32. The summed E-state index contributed by atoms with van der Waals surface area (Å²) in [6.07, 6.45) is 10.1. The SMILES string of the molecule is CCCCCCCCCCC[C@@H](C)C(=O)N(C)[C@@H](CC(C)C)C(=O)N[C@H](C(=O)N[C@@H](CNC(=O)OCc1ccccc1)C(=O)N[C@H](C(=O)NCC(=O)O)[C@H](C)OCc1ccccc1)[C@H](C)CC. The number of alkyl carbamates (subject to hydrolysis) is 1. The first-order valence-corrected chi connectivity index (χ1v) is 24.3. The molecule has 0 heterocycles. The monoisotopic (exact) mass is 937 g/mol. The molecule has 0 unspecified atom stereocenters. The zero-order valence-electron chi connectivity index (χ0n) is 41.3. The van der Waals surface area contributed by atoms with E-state index in [0.717, 1.165) is 24.8 Å². The molecule has 0 aliphatic carbocycles. The predicted molar refractivity (Wildman–Crippen MR) is 258 cm³/mol. The van der Waals surface area contributed by atoms with E-state index in [1.165, 1.54) is 50.3 Å². The fourth-order valence-electron chi connectivity index (χ4n) is 7.48. The summed E-state index contributed by atoms with van der Waals surface area (Å²) in [5, 5.41) is 22.2. The molecule has 16 heteroatoms. The van der Waals surface area contributed by atoms with Crippen LogP contribution in [-0.4, -0.2) is 102 Å². The maximum absolute atomic E-state index is 14.4. The number of hydrogen-bond donors (Lipinski definition) is 6. The summed E-state index contributed by atoms with van der Waals surface area (Å²) in [6, 6.07) is 12.9. The van der Waals surface area contributed by atoms with Gasteiger partial charge in [0, 0.05) is 13.0 Å². The van der Waals surface area contributed by atoms with Crippen molar-refractivity contribution in [2.24, 2.45) is 17.8 Å². The molecule has 0 saturated carbocycles. The summed E-state index contributed by atoms with van der Waals surface area (Å²) in [6.45, 7) is 11.9. The van der Waals surface area contributed by atoms with Crippen LogP contribution in [0.3, 0.4) is 0 Å². The number of benzene rings is 2. The third kappa shape index (κ3) is 22.7. The highest BCUT2D eigenvalue weighted by molar-refractivity contribution is 5.96. The molecule has 67 heavy (non-hydrogen) atoms. The predicted octanol–water partition coefficient (Wildman–Crippen LogP) is 6.65. The number of unbranched alkanes of at least 4 members (excludes halogenated alkanes) is 8. The maximum atomic E-state index is 14.4. The molecule has 7 atom stereocenters. The number of ether oxygens (including phenoxy) is 2. The van der Waals surface area contributed by atoms with Gasteiger partial charge in [0.05, 0.1) is 19.3 Å². The van der Waals surface area contributed by atoms with Gasteiger partial charge >= 0.3 is 12.1 Å². The van der Waals surface area contributed by atoms with Gasteiger partial charge < -0.3 is 46.1 Å². The molecule has 6 N–H and O–H groups in total. The summed E-state index contributed by atoms with van der Waals surface area (Å²) >= 11 is 0. The smallest absolute Gasteiger partial charge is 0.407 e. The van der Waals surface area contributed by atoms with Crippen LogP contribution in [0.1, 0.15) is 137 Å². The normalized spacial score (nSPS) is 14.3. The van der Waals surface area contributed by atoms with Crippen LogP contribution in [0.4, 0.5) is 4.79 Å². The second kappa shape index (κ2) is 32.2. The van der Waals surface area contributed by atoms with Crippen molar-refractivity contribution in [2.75, 3.05) is 20.1 Å². The molecule has 0 radical (unpaired) electrons. The van der Waals surface area contributed by atoms with Crippen molar-refractivity contribution in [1.82, 2.24) is 31.5 Å². The van der Waals surface area contributed by atoms with Crippen LogP contribution >= 0.6 is 0 Å². The Bertz CT molecular complexity index is 1800. The number of nitrogens with one attached hydrogen (secondary N) is 5. The molecule has 374 valence electrons. The Kier molecular flexibility index (Phi) is 27.7. The number of aliphatic carboxylic acids is 1. The Balaban J connectivity index is 2.32. The molecule has 0 aromatic heterocycles. The quantitative estimate of drug-likeness (QED) is 0.0419. The largest absolute Gasteiger partial charge is 0.480 e. The van der Waals surface area contributed by atoms with Crippen LogP contribution in [0.15, 0.2) is 60.7 Å². The van der Waals surface area contributed by atoms with Gasteiger partial charge in [-0.25, -0.2) is 4.79 Å². The minimum Gasteiger partial charge on any atom is -0.480 e. The minimum atomic E-state index is -1.53. The average molecular weight is 937 g/mol. The summed E-state index contributed by atoms with van der Waals surface area (Å²) in [7, 11) is 1.62. The topological polar surface area (TPSA) is 222 Å². The van der Waals surface area contributed by atoms with Crippen LogP contribution < -0.4 is 26.6 Å². The summed E-state index contributed by atoms with van der Waals surface area (Å²) in [4.78, 5) is 95.9. The molecule has 0 aliphatic rings. The van der Waals surface area contributed by atoms with Gasteiger partial charge in [0.1, 0.15) is 37.3 Å². The van der Waals surface area contributed by atoms with Gasteiger partial charge in [-0.2, -0.15) is 0 Å². The number of carbonyl (C=O) groups excluding carboxylic acids is 6. The molecule has 0 spiro atoms. The standard InChI is InChI=1S/C51H80N6O10/c1-9-11-12-13-14-15-16-17-20-25-37(6)50(64)57(8)42(30-35(3)4)47(61)55-44(36(5)10-2)49(63)54-41(31-53-51(65)67-34-40-28-23-19-24-29-40)46(60)56-45(48(62)52-32-43(58)59)38(7)66-33-39-26-21-18-22-27-39/h18-19,21-24,26-29,35-38,41-42,44-45H,9-17,20,25,30-34H2,1-8H3,(H,52,62)(H,53,65)(H,54,63)(H,55,61)(H,56,60)(H,58,59)/t36-,37-,38+,41+,42+,44+,45+/m1/s1. The molecule has 2 rings (SSSR count). The van der Waals surface area contributed by atoms with E-state index in [1.54, 1.807) is 38.2 Å². The Morgan fingerprint density at radius 2 is 1.19 bits per heavy atom. The van der Waals surface area contributed by atoms with Gasteiger partial charge in [0.2, 0.25) is 29.5 Å². The van der Waals surface area contributed by atoms with Gasteiger partial charge in [-0.05, 0) is 42.7 Å². The van der Waals surface area contributed by atoms with E-state index in [1.807, 2.05) is 64.1 Å². The zero-order chi connectivity index (χ0) is 49.7. The van der Waals surface area contributed by atoms with Gasteiger partial charge in [-0.3, -0.25) is 28.8 Å². The van der Waals surface area contributed by atoms with Crippen LogP contribution in [0.5, 0.6) is 0 Å². The number of carboxylic acid groups (broad SMARTS) is 1. The Morgan fingerprint density at radius 3 is 1.75 bits per heavy atom. The molecule has 0 fully saturated rings. The number of nitrogens with zero attached hydrogens (tertiary/aromatic N) is 1. The van der Waals surface area contributed by atoms with Crippen molar-refractivity contribution < 1.29 is 48.1 Å². The number of carbonyl (C=O) groups is 7. The maximum Gasteiger partial charge on any atom is 0.407 e. The molecular weight excluding hydrogens is 857 g/mol. The Labute approximate surface area is 398 Å². The first kappa shape index (κ1) is 57.6. The van der Waals surface area contributed by atoms with Gasteiger partial charge in [0.25, 0.3) is 0 Å². The lowest BCUT2D eigenvalue weighted by Crippen LogP contribution is -2.63. The van der Waals surface area contributed by atoms with Crippen molar-refractivity contribution >= 4 is 41.6 Å². The molecular formula is C51H80N6O10. The van der Waals surface area contributed by atoms with Crippen molar-refractivity contribution in [3.63, 3.8) is 0 Å². The van der Waals surface area contributed by atoms with Crippen LogP contribution in [0.2, 0.25) is 0 Å². The number of carboxylic acids is 1. The van der Waals surface area contributed by atoms with E-state index < -0.39 is 85.0 Å². The van der Waals surface area contributed by atoms with E-state index in [0.29, 0.717) is 24.8 Å². The lowest BCUT2D eigenvalue weighted by Gasteiger charge is -2.33. The molecule has 2 aromatic carbocycles. The van der Waals surface area contributed by atoms with Crippen molar-refractivity contribution in [1.29, 1.82) is 0 Å². The Morgan fingerprint density at radius 1 is 0.642 bits per heavy atom. The van der Waals surface area contributed by atoms with Crippen LogP contribution in [0.25, 0.3) is 0 Å². The lowest BCUT2D eigenvalue weighted by atomic mass is 9.95. The minimum absolute atomic E-state index is 0.0232. The summed E-state index contributed by atoms with van der Waals surface area (Å²) in [5.41, 5.74) is 1.49. The first-order chi connectivity index (χ1) is 32.0. The second-order valence-electron chi connectivity index (χ2n) is 18.1. The lowest BCUT2D eigenvalue weighted by molar-refractivity contribution is -0.143. The second-order valence-corrected chi connectivity index (χ2v) is 18.1. The van der Waals surface area contributed by atoms with Crippen molar-refractivity contribution in [2.45, 2.75) is 169 Å². The van der Waals surface area contributed by atoms with Gasteiger partial charge in [-0.1, -0.05) is 166 Å². The summed E-state index contributed by atoms with van der Waals surface area (Å²) in [5.74, 6) is -5.26. The number of rotatable bonds is 33. The molecule has 6 amide bonds. The van der Waals surface area contributed by atoms with Gasteiger partial charge in [0.15, 0.2) is 0 Å². The highest BCUT2D eigenvalue weighted by Crippen LogP contribution is 2.20.